The van der Waals surface area contributed by atoms with Crippen molar-refractivity contribution >= 4 is 5.91 Å². The first-order chi connectivity index (χ1) is 7.80. The molecule has 1 N–H and O–H groups in total. The monoisotopic (exact) mass is 240 g/mol. The van der Waals surface area contributed by atoms with Gasteiger partial charge in [-0.25, -0.2) is 0 Å². The zero-order chi connectivity index (χ0) is 13.1. The van der Waals surface area contributed by atoms with Crippen LogP contribution in [0.25, 0.3) is 0 Å². The highest BCUT2D eigenvalue weighted by Gasteiger charge is 2.24. The van der Waals surface area contributed by atoms with Crippen molar-refractivity contribution in [2.75, 3.05) is 19.6 Å². The normalized spacial score (nSPS) is 21.2. The highest BCUT2D eigenvalue weighted by Crippen LogP contribution is 2.18. The van der Waals surface area contributed by atoms with Gasteiger partial charge >= 0.3 is 0 Å². The van der Waals surface area contributed by atoms with Gasteiger partial charge in [0.25, 0.3) is 0 Å². The molecule has 0 spiro atoms. The largest absolute Gasteiger partial charge is 0.354 e. The second-order valence-corrected chi connectivity index (χ2v) is 6.53. The van der Waals surface area contributed by atoms with Gasteiger partial charge in [-0.3, -0.25) is 9.69 Å². The number of carbonyl (C=O) groups excluding carboxylic acids is 1. The van der Waals surface area contributed by atoms with Gasteiger partial charge < -0.3 is 5.32 Å². The fourth-order valence-electron chi connectivity index (χ4n) is 2.10. The minimum atomic E-state index is -0.282. The van der Waals surface area contributed by atoms with Crippen molar-refractivity contribution in [3.8, 4) is 0 Å². The number of amides is 1. The highest BCUT2D eigenvalue weighted by atomic mass is 16.2. The molecule has 1 unspecified atom stereocenters. The van der Waals surface area contributed by atoms with Gasteiger partial charge in [0.05, 0.1) is 0 Å². The Morgan fingerprint density at radius 1 is 1.35 bits per heavy atom. The molecule has 0 aromatic carbocycles. The van der Waals surface area contributed by atoms with Crippen LogP contribution in [-0.2, 0) is 4.79 Å². The third-order valence-corrected chi connectivity index (χ3v) is 3.68. The van der Waals surface area contributed by atoms with E-state index in [1.165, 1.54) is 25.9 Å². The number of nitrogens with one attached hydrogen (secondary N) is 1. The van der Waals surface area contributed by atoms with E-state index in [-0.39, 0.29) is 11.3 Å². The Labute approximate surface area is 106 Å². The van der Waals surface area contributed by atoms with E-state index in [0.29, 0.717) is 6.04 Å². The van der Waals surface area contributed by atoms with Crippen LogP contribution in [0.15, 0.2) is 0 Å². The lowest BCUT2D eigenvalue weighted by Gasteiger charge is -2.35. The van der Waals surface area contributed by atoms with Gasteiger partial charge in [0.15, 0.2) is 0 Å². The Morgan fingerprint density at radius 2 is 1.88 bits per heavy atom. The molecular formula is C14H28N2O. The zero-order valence-electron chi connectivity index (χ0n) is 12.0. The first kappa shape index (κ1) is 14.5. The summed E-state index contributed by atoms with van der Waals surface area (Å²) in [5.41, 5.74) is -0.282. The molecule has 1 heterocycles. The first-order valence-electron chi connectivity index (χ1n) is 6.83. The minimum absolute atomic E-state index is 0.148. The molecule has 1 atom stereocenters. The third kappa shape index (κ3) is 4.66. The van der Waals surface area contributed by atoms with Crippen molar-refractivity contribution in [3.05, 3.63) is 0 Å². The molecule has 1 fully saturated rings. The molecule has 1 aliphatic heterocycles. The smallest absolute Gasteiger partial charge is 0.225 e. The molecule has 0 bridgehead atoms. The molecule has 1 rings (SSSR count). The summed E-state index contributed by atoms with van der Waals surface area (Å²) in [7, 11) is 0. The number of hydrogen-bond donors (Lipinski definition) is 1. The Kier molecular flexibility index (Phi) is 4.99. The van der Waals surface area contributed by atoms with E-state index in [1.807, 2.05) is 20.8 Å². The molecule has 3 heteroatoms. The van der Waals surface area contributed by atoms with Gasteiger partial charge in [0, 0.05) is 18.0 Å². The lowest BCUT2D eigenvalue weighted by atomic mass is 9.95. The second kappa shape index (κ2) is 5.85. The van der Waals surface area contributed by atoms with Crippen LogP contribution < -0.4 is 5.32 Å². The van der Waals surface area contributed by atoms with E-state index in [2.05, 4.69) is 24.1 Å². The fraction of sp³-hybridized carbons (Fsp3) is 0.929. The summed E-state index contributed by atoms with van der Waals surface area (Å²) in [6, 6.07) is 0.453. The first-order valence-corrected chi connectivity index (χ1v) is 6.83. The summed E-state index contributed by atoms with van der Waals surface area (Å²) >= 11 is 0. The maximum absolute atomic E-state index is 11.8. The van der Waals surface area contributed by atoms with E-state index >= 15 is 0 Å². The van der Waals surface area contributed by atoms with E-state index < -0.39 is 0 Å². The van der Waals surface area contributed by atoms with Crippen molar-refractivity contribution in [3.63, 3.8) is 0 Å². The van der Waals surface area contributed by atoms with E-state index in [9.17, 15) is 4.79 Å². The predicted octanol–water partition coefficient (Wildman–Crippen LogP) is 2.27. The van der Waals surface area contributed by atoms with Gasteiger partial charge in [0.2, 0.25) is 5.91 Å². The molecular weight excluding hydrogens is 212 g/mol. The number of hydrogen-bond acceptors (Lipinski definition) is 2. The van der Waals surface area contributed by atoms with Crippen molar-refractivity contribution in [1.82, 2.24) is 10.2 Å². The van der Waals surface area contributed by atoms with Crippen LogP contribution in [0.4, 0.5) is 0 Å². The van der Waals surface area contributed by atoms with Crippen molar-refractivity contribution in [2.24, 2.45) is 11.3 Å². The quantitative estimate of drug-likeness (QED) is 0.821. The third-order valence-electron chi connectivity index (χ3n) is 3.68. The predicted molar refractivity (Wildman–Crippen MR) is 71.9 cm³/mol. The van der Waals surface area contributed by atoms with Gasteiger partial charge in [0.1, 0.15) is 0 Å². The van der Waals surface area contributed by atoms with Crippen molar-refractivity contribution in [1.29, 1.82) is 0 Å². The van der Waals surface area contributed by atoms with Crippen molar-refractivity contribution < 1.29 is 4.79 Å². The molecule has 3 nitrogen and oxygen atoms in total. The van der Waals surface area contributed by atoms with Gasteiger partial charge in [-0.15, -0.1) is 0 Å². The van der Waals surface area contributed by atoms with Crippen LogP contribution in [0.3, 0.4) is 0 Å². The number of rotatable bonds is 3. The Morgan fingerprint density at radius 3 is 2.35 bits per heavy atom. The van der Waals surface area contributed by atoms with E-state index in [0.717, 1.165) is 12.5 Å². The maximum atomic E-state index is 11.8. The minimum Gasteiger partial charge on any atom is -0.354 e. The van der Waals surface area contributed by atoms with E-state index in [4.69, 9.17) is 0 Å². The van der Waals surface area contributed by atoms with E-state index in [1.54, 1.807) is 0 Å². The Hall–Kier alpha value is -0.570. The molecule has 0 aliphatic carbocycles. The van der Waals surface area contributed by atoms with Crippen LogP contribution in [0.1, 0.15) is 47.5 Å². The second-order valence-electron chi connectivity index (χ2n) is 6.53. The molecule has 1 amide bonds. The number of nitrogens with zero attached hydrogens (tertiary/aromatic N) is 1. The maximum Gasteiger partial charge on any atom is 0.225 e. The number of likely N-dealkylation sites (tertiary alicyclic amines) is 1. The highest BCUT2D eigenvalue weighted by molar-refractivity contribution is 5.81. The average molecular weight is 240 g/mol. The molecule has 1 aliphatic rings. The van der Waals surface area contributed by atoms with Crippen LogP contribution in [0.2, 0.25) is 0 Å². The standard InChI is InChI=1S/C14H28N2O/c1-11-6-8-16(9-7-11)12(2)10-15-13(17)14(3,4)5/h11-12H,6-10H2,1-5H3,(H,15,17). The van der Waals surface area contributed by atoms with Gasteiger partial charge in [-0.2, -0.15) is 0 Å². The molecule has 0 aromatic heterocycles. The Bertz CT molecular complexity index is 249. The van der Waals surface area contributed by atoms with Gasteiger partial charge in [-0.1, -0.05) is 27.7 Å². The number of piperidine rings is 1. The molecule has 1 saturated heterocycles. The molecule has 100 valence electrons. The summed E-state index contributed by atoms with van der Waals surface area (Å²) in [6.07, 6.45) is 2.58. The topological polar surface area (TPSA) is 32.3 Å². The van der Waals surface area contributed by atoms with Crippen LogP contribution in [0, 0.1) is 11.3 Å². The number of carbonyl (C=O) groups is 1. The zero-order valence-corrected chi connectivity index (χ0v) is 12.0. The molecule has 0 radical (unpaired) electrons. The summed E-state index contributed by atoms with van der Waals surface area (Å²) in [4.78, 5) is 14.3. The molecule has 0 saturated carbocycles. The van der Waals surface area contributed by atoms with Crippen LogP contribution in [0.5, 0.6) is 0 Å². The van der Waals surface area contributed by atoms with Crippen LogP contribution >= 0.6 is 0 Å². The summed E-state index contributed by atoms with van der Waals surface area (Å²) in [5.74, 6) is 1.01. The van der Waals surface area contributed by atoms with Crippen LogP contribution in [-0.4, -0.2) is 36.5 Å². The summed E-state index contributed by atoms with van der Waals surface area (Å²) < 4.78 is 0. The molecule has 17 heavy (non-hydrogen) atoms. The lowest BCUT2D eigenvalue weighted by Crippen LogP contribution is -2.47. The summed E-state index contributed by atoms with van der Waals surface area (Å²) in [6.45, 7) is 13.5. The Balaban J connectivity index is 2.30. The summed E-state index contributed by atoms with van der Waals surface area (Å²) in [5, 5.41) is 3.05. The van der Waals surface area contributed by atoms with Crippen molar-refractivity contribution in [2.45, 2.75) is 53.5 Å². The lowest BCUT2D eigenvalue weighted by molar-refractivity contribution is -0.128. The SMILES string of the molecule is CC1CCN(C(C)CNC(=O)C(C)(C)C)CC1. The molecule has 0 aromatic rings. The van der Waals surface area contributed by atoms with Gasteiger partial charge in [-0.05, 0) is 38.8 Å². The fourth-order valence-corrected chi connectivity index (χ4v) is 2.10. The average Bonchev–Trinajstić information content (AvgIpc) is 2.25.